The second-order valence-corrected chi connectivity index (χ2v) is 7.04. The molecule has 3 nitrogen and oxygen atoms in total. The third-order valence-electron chi connectivity index (χ3n) is 4.97. The predicted molar refractivity (Wildman–Crippen MR) is 98.1 cm³/mol. The maximum atomic E-state index is 14.4. The predicted octanol–water partition coefficient (Wildman–Crippen LogP) is 4.46. The Morgan fingerprint density at radius 3 is 2.68 bits per heavy atom. The molecule has 5 heteroatoms. The summed E-state index contributed by atoms with van der Waals surface area (Å²) in [6.45, 7) is 0.705. The van der Waals surface area contributed by atoms with Gasteiger partial charge in [-0.15, -0.1) is 0 Å². The quantitative estimate of drug-likeness (QED) is 0.799. The van der Waals surface area contributed by atoms with Crippen LogP contribution in [-0.4, -0.2) is 24.7 Å². The smallest absolute Gasteiger partial charge is 0.248 e. The van der Waals surface area contributed by atoms with E-state index in [0.717, 1.165) is 18.5 Å². The zero-order chi connectivity index (χ0) is 17.4. The average molecular weight is 357 g/mol. The van der Waals surface area contributed by atoms with Crippen molar-refractivity contribution < 1.29 is 9.18 Å². The van der Waals surface area contributed by atoms with Crippen molar-refractivity contribution in [3.05, 3.63) is 64.4 Å². The molecule has 0 unspecified atom stereocenters. The van der Waals surface area contributed by atoms with Crippen LogP contribution in [0.25, 0.3) is 0 Å². The van der Waals surface area contributed by atoms with Crippen molar-refractivity contribution in [1.82, 2.24) is 0 Å². The van der Waals surface area contributed by atoms with Gasteiger partial charge in [0.2, 0.25) is 5.91 Å². The number of aliphatic imine (C=N–C) groups is 1. The van der Waals surface area contributed by atoms with Crippen molar-refractivity contribution in [1.29, 1.82) is 0 Å². The number of anilines is 1. The monoisotopic (exact) mass is 356 g/mol. The highest BCUT2D eigenvalue weighted by atomic mass is 35.5. The van der Waals surface area contributed by atoms with Crippen molar-refractivity contribution >= 4 is 28.9 Å². The summed E-state index contributed by atoms with van der Waals surface area (Å²) in [6, 6.07) is 11.9. The summed E-state index contributed by atoms with van der Waals surface area (Å²) in [5, 5.41) is 0.542. The van der Waals surface area contributed by atoms with E-state index in [1.54, 1.807) is 35.2 Å². The summed E-state index contributed by atoms with van der Waals surface area (Å²) in [5.74, 6) is 0.122. The first-order valence-corrected chi connectivity index (χ1v) is 8.91. The summed E-state index contributed by atoms with van der Waals surface area (Å²) >= 11 is 6.20. The molecule has 1 saturated carbocycles. The zero-order valence-corrected chi connectivity index (χ0v) is 14.5. The molecule has 0 N–H and O–H groups in total. The molecule has 128 valence electrons. The molecule has 0 aromatic heterocycles. The van der Waals surface area contributed by atoms with Crippen LogP contribution in [0.15, 0.2) is 47.5 Å². The van der Waals surface area contributed by atoms with E-state index in [2.05, 4.69) is 4.99 Å². The summed E-state index contributed by atoms with van der Waals surface area (Å²) in [7, 11) is 0. The highest BCUT2D eigenvalue weighted by Gasteiger charge is 2.30. The Kier molecular flexibility index (Phi) is 4.30. The largest absolute Gasteiger partial charge is 0.310 e. The maximum Gasteiger partial charge on any atom is 0.248 e. The van der Waals surface area contributed by atoms with Gasteiger partial charge in [0.05, 0.1) is 11.4 Å². The molecule has 2 aromatic carbocycles. The van der Waals surface area contributed by atoms with Gasteiger partial charge in [-0.2, -0.15) is 0 Å². The normalized spacial score (nSPS) is 17.6. The molecule has 1 aliphatic heterocycles. The second kappa shape index (κ2) is 6.60. The first kappa shape index (κ1) is 16.3. The minimum atomic E-state index is -0.355. The molecule has 1 amide bonds. The molecule has 25 heavy (non-hydrogen) atoms. The molecular weight excluding hydrogens is 339 g/mol. The van der Waals surface area contributed by atoms with Crippen molar-refractivity contribution in [2.45, 2.75) is 19.3 Å². The highest BCUT2D eigenvalue weighted by Crippen LogP contribution is 2.34. The first-order valence-electron chi connectivity index (χ1n) is 8.53. The highest BCUT2D eigenvalue weighted by molar-refractivity contribution is 6.32. The molecule has 0 atom stereocenters. The molecule has 0 saturated heterocycles. The second-order valence-electron chi connectivity index (χ2n) is 6.61. The van der Waals surface area contributed by atoms with Crippen molar-refractivity contribution in [3.63, 3.8) is 0 Å². The van der Waals surface area contributed by atoms with Gasteiger partial charge in [-0.25, -0.2) is 4.39 Å². The number of halogens is 2. The third kappa shape index (κ3) is 3.07. The summed E-state index contributed by atoms with van der Waals surface area (Å²) < 4.78 is 14.4. The summed E-state index contributed by atoms with van der Waals surface area (Å²) in [5.41, 5.74) is 2.35. The fourth-order valence-electron chi connectivity index (χ4n) is 3.40. The van der Waals surface area contributed by atoms with Crippen LogP contribution in [0.1, 0.15) is 30.4 Å². The zero-order valence-electron chi connectivity index (χ0n) is 13.7. The van der Waals surface area contributed by atoms with Crippen LogP contribution >= 0.6 is 11.6 Å². The van der Waals surface area contributed by atoms with E-state index in [9.17, 15) is 9.18 Å². The lowest BCUT2D eigenvalue weighted by atomic mass is 9.85. The summed E-state index contributed by atoms with van der Waals surface area (Å²) in [4.78, 5) is 18.9. The van der Waals surface area contributed by atoms with E-state index in [0.29, 0.717) is 34.3 Å². The van der Waals surface area contributed by atoms with E-state index in [-0.39, 0.29) is 18.3 Å². The van der Waals surface area contributed by atoms with E-state index in [1.165, 1.54) is 12.5 Å². The minimum absolute atomic E-state index is 0.0166. The van der Waals surface area contributed by atoms with Gasteiger partial charge >= 0.3 is 0 Å². The Balaban J connectivity index is 1.83. The van der Waals surface area contributed by atoms with Gasteiger partial charge in [-0.3, -0.25) is 9.79 Å². The lowest BCUT2D eigenvalue weighted by Gasteiger charge is -2.32. The van der Waals surface area contributed by atoms with Crippen LogP contribution in [0.3, 0.4) is 0 Å². The molecule has 1 fully saturated rings. The van der Waals surface area contributed by atoms with Gasteiger partial charge in [0, 0.05) is 22.7 Å². The summed E-state index contributed by atoms with van der Waals surface area (Å²) in [6.07, 6.45) is 3.51. The molecule has 2 aromatic rings. The van der Waals surface area contributed by atoms with Crippen LogP contribution < -0.4 is 4.90 Å². The van der Waals surface area contributed by atoms with Crippen LogP contribution in [0.4, 0.5) is 10.1 Å². The number of amides is 1. The van der Waals surface area contributed by atoms with Crippen LogP contribution in [0.2, 0.25) is 5.02 Å². The number of rotatable bonds is 3. The van der Waals surface area contributed by atoms with Crippen molar-refractivity contribution in [2.75, 3.05) is 18.0 Å². The first-order chi connectivity index (χ1) is 12.1. The number of fused-ring (bicyclic) bond motifs is 1. The molecular formula is C20H18ClFN2O. The number of benzodiazepines with no additional fused rings is 1. The topological polar surface area (TPSA) is 32.7 Å². The molecule has 0 bridgehead atoms. The van der Waals surface area contributed by atoms with Gasteiger partial charge < -0.3 is 4.90 Å². The van der Waals surface area contributed by atoms with E-state index < -0.39 is 0 Å². The minimum Gasteiger partial charge on any atom is -0.310 e. The fourth-order valence-corrected chi connectivity index (χ4v) is 3.57. The SMILES string of the molecule is O=C1CN=C(c2ccccc2F)c2cc(Cl)ccc2N1CC1CCC1. The Morgan fingerprint density at radius 2 is 1.96 bits per heavy atom. The van der Waals surface area contributed by atoms with Gasteiger partial charge in [0.25, 0.3) is 0 Å². The molecule has 4 rings (SSSR count). The number of carbonyl (C=O) groups is 1. The Morgan fingerprint density at radius 1 is 1.16 bits per heavy atom. The number of carbonyl (C=O) groups excluding carboxylic acids is 1. The van der Waals surface area contributed by atoms with Gasteiger partial charge in [-0.1, -0.05) is 30.2 Å². The number of nitrogens with zero attached hydrogens (tertiary/aromatic N) is 2. The van der Waals surface area contributed by atoms with Gasteiger partial charge in [0.1, 0.15) is 12.4 Å². The van der Waals surface area contributed by atoms with Crippen LogP contribution in [-0.2, 0) is 4.79 Å². The molecule has 1 heterocycles. The molecule has 0 spiro atoms. The lowest BCUT2D eigenvalue weighted by Crippen LogP contribution is -2.38. The fraction of sp³-hybridized carbons (Fsp3) is 0.300. The van der Waals surface area contributed by atoms with Crippen molar-refractivity contribution in [3.8, 4) is 0 Å². The maximum absolute atomic E-state index is 14.4. The van der Waals surface area contributed by atoms with Gasteiger partial charge in [-0.05, 0) is 49.1 Å². The number of benzene rings is 2. The van der Waals surface area contributed by atoms with E-state index in [4.69, 9.17) is 11.6 Å². The Labute approximate surface area is 151 Å². The standard InChI is InChI=1S/C20H18ClFN2O/c21-14-8-9-18-16(10-14)20(15-6-1-2-7-17(15)22)23-11-19(25)24(18)12-13-4-3-5-13/h1-2,6-10,13H,3-5,11-12H2. The van der Waals surface area contributed by atoms with Gasteiger partial charge in [0.15, 0.2) is 0 Å². The van der Waals surface area contributed by atoms with E-state index >= 15 is 0 Å². The average Bonchev–Trinajstić information content (AvgIpc) is 2.68. The van der Waals surface area contributed by atoms with Crippen LogP contribution in [0.5, 0.6) is 0 Å². The number of hydrogen-bond acceptors (Lipinski definition) is 2. The van der Waals surface area contributed by atoms with E-state index in [1.807, 2.05) is 6.07 Å². The molecule has 1 aliphatic carbocycles. The van der Waals surface area contributed by atoms with Crippen LogP contribution in [0, 0.1) is 11.7 Å². The van der Waals surface area contributed by atoms with Crippen molar-refractivity contribution in [2.24, 2.45) is 10.9 Å². The lowest BCUT2D eigenvalue weighted by molar-refractivity contribution is -0.117. The molecule has 2 aliphatic rings. The Bertz CT molecular complexity index is 861. The molecule has 0 radical (unpaired) electrons. The Hall–Kier alpha value is -2.20. The third-order valence-corrected chi connectivity index (χ3v) is 5.21. The number of hydrogen-bond donors (Lipinski definition) is 0.